The average molecular weight is 369 g/mol. The second-order valence-corrected chi connectivity index (χ2v) is 7.49. The molecule has 6 nitrogen and oxygen atoms in total. The number of hydrogen-bond donors (Lipinski definition) is 1. The molecule has 2 saturated heterocycles. The van der Waals surface area contributed by atoms with E-state index in [1.807, 2.05) is 29.2 Å². The maximum Gasteiger partial charge on any atom is 0.227 e. The summed E-state index contributed by atoms with van der Waals surface area (Å²) in [6.07, 6.45) is 3.73. The van der Waals surface area contributed by atoms with Crippen LogP contribution in [0.1, 0.15) is 18.6 Å². The average Bonchev–Trinajstić information content (AvgIpc) is 3.21. The number of carbonyl (C=O) groups is 1. The lowest BCUT2D eigenvalue weighted by Gasteiger charge is -2.39. The SMILES string of the molecule is O=C([C@@H]1CCCN(Cc2ccco2)C1)N1CCN(c2cccc(O)c2)CC1. The van der Waals surface area contributed by atoms with Crippen molar-refractivity contribution in [2.75, 3.05) is 44.2 Å². The first-order chi connectivity index (χ1) is 13.2. The molecule has 0 spiro atoms. The van der Waals surface area contributed by atoms with Crippen LogP contribution in [0.5, 0.6) is 5.75 Å². The normalized spacial score (nSPS) is 21.4. The second kappa shape index (κ2) is 8.05. The van der Waals surface area contributed by atoms with Gasteiger partial charge in [-0.3, -0.25) is 9.69 Å². The summed E-state index contributed by atoms with van der Waals surface area (Å²) in [6.45, 7) is 5.70. The van der Waals surface area contributed by atoms with Gasteiger partial charge in [0.15, 0.2) is 0 Å². The molecule has 0 bridgehead atoms. The van der Waals surface area contributed by atoms with Crippen molar-refractivity contribution in [1.29, 1.82) is 0 Å². The van der Waals surface area contributed by atoms with E-state index in [2.05, 4.69) is 9.80 Å². The zero-order valence-corrected chi connectivity index (χ0v) is 15.6. The molecule has 3 heterocycles. The number of piperazine rings is 1. The third-order valence-electron chi connectivity index (χ3n) is 5.60. The molecule has 0 saturated carbocycles. The molecule has 144 valence electrons. The number of phenols is 1. The van der Waals surface area contributed by atoms with E-state index in [4.69, 9.17) is 4.42 Å². The molecule has 4 rings (SSSR count). The van der Waals surface area contributed by atoms with E-state index in [0.29, 0.717) is 0 Å². The van der Waals surface area contributed by atoms with Crippen LogP contribution in [0.15, 0.2) is 47.1 Å². The van der Waals surface area contributed by atoms with Gasteiger partial charge in [-0.15, -0.1) is 0 Å². The van der Waals surface area contributed by atoms with E-state index in [9.17, 15) is 9.90 Å². The minimum atomic E-state index is 0.0843. The molecular formula is C21H27N3O3. The Balaban J connectivity index is 1.31. The molecule has 1 N–H and O–H groups in total. The smallest absolute Gasteiger partial charge is 0.227 e. The summed E-state index contributed by atoms with van der Waals surface area (Å²) < 4.78 is 5.45. The van der Waals surface area contributed by atoms with Crippen LogP contribution in [0, 0.1) is 5.92 Å². The van der Waals surface area contributed by atoms with Gasteiger partial charge in [-0.05, 0) is 43.7 Å². The topological polar surface area (TPSA) is 60.2 Å². The summed E-state index contributed by atoms with van der Waals surface area (Å²) in [5.74, 6) is 1.61. The number of phenolic OH excluding ortho intramolecular Hbond substituents is 1. The van der Waals surface area contributed by atoms with Gasteiger partial charge in [0.1, 0.15) is 11.5 Å². The van der Waals surface area contributed by atoms with Crippen molar-refractivity contribution in [3.8, 4) is 5.75 Å². The lowest BCUT2D eigenvalue weighted by atomic mass is 9.96. The maximum absolute atomic E-state index is 13.0. The second-order valence-electron chi connectivity index (χ2n) is 7.49. The van der Waals surface area contributed by atoms with Crippen molar-refractivity contribution in [2.45, 2.75) is 19.4 Å². The van der Waals surface area contributed by atoms with E-state index in [-0.39, 0.29) is 17.6 Å². The van der Waals surface area contributed by atoms with Gasteiger partial charge in [0.2, 0.25) is 5.91 Å². The first-order valence-corrected chi connectivity index (χ1v) is 9.76. The summed E-state index contributed by atoms with van der Waals surface area (Å²) in [4.78, 5) is 19.6. The molecule has 6 heteroatoms. The van der Waals surface area contributed by atoms with Gasteiger partial charge in [0.05, 0.1) is 18.7 Å². The zero-order valence-electron chi connectivity index (χ0n) is 15.6. The number of benzene rings is 1. The van der Waals surface area contributed by atoms with Crippen LogP contribution in [-0.4, -0.2) is 60.1 Å². The Labute approximate surface area is 160 Å². The Morgan fingerprint density at radius 1 is 1.11 bits per heavy atom. The third-order valence-corrected chi connectivity index (χ3v) is 5.60. The van der Waals surface area contributed by atoms with Gasteiger partial charge >= 0.3 is 0 Å². The first-order valence-electron chi connectivity index (χ1n) is 9.76. The predicted octanol–water partition coefficient (Wildman–Crippen LogP) is 2.55. The number of furan rings is 1. The number of anilines is 1. The minimum absolute atomic E-state index is 0.0843. The lowest BCUT2D eigenvalue weighted by Crippen LogP contribution is -2.52. The van der Waals surface area contributed by atoms with Crippen LogP contribution in [0.25, 0.3) is 0 Å². The van der Waals surface area contributed by atoms with Crippen LogP contribution in [0.4, 0.5) is 5.69 Å². The van der Waals surface area contributed by atoms with E-state index < -0.39 is 0 Å². The van der Waals surface area contributed by atoms with Crippen LogP contribution >= 0.6 is 0 Å². The van der Waals surface area contributed by atoms with Crippen molar-refractivity contribution < 1.29 is 14.3 Å². The summed E-state index contributed by atoms with van der Waals surface area (Å²) >= 11 is 0. The van der Waals surface area contributed by atoms with Gasteiger partial charge in [-0.2, -0.15) is 0 Å². The summed E-state index contributed by atoms with van der Waals surface area (Å²) in [5, 5.41) is 9.67. The summed E-state index contributed by atoms with van der Waals surface area (Å²) in [5.41, 5.74) is 1.02. The van der Waals surface area contributed by atoms with E-state index in [1.54, 1.807) is 18.4 Å². The number of carbonyl (C=O) groups excluding carboxylic acids is 1. The standard InChI is InChI=1S/C21H27N3O3/c25-19-6-1-5-18(14-19)23-9-11-24(12-10-23)21(26)17-4-2-8-22(15-17)16-20-7-3-13-27-20/h1,3,5-7,13-14,17,25H,2,4,8-12,15-16H2/t17-/m1/s1. The molecule has 2 aromatic rings. The molecule has 2 aliphatic rings. The molecule has 2 fully saturated rings. The van der Waals surface area contributed by atoms with Crippen LogP contribution in [-0.2, 0) is 11.3 Å². The van der Waals surface area contributed by atoms with Crippen molar-refractivity contribution in [1.82, 2.24) is 9.80 Å². The van der Waals surface area contributed by atoms with Crippen LogP contribution < -0.4 is 4.90 Å². The number of nitrogens with zero attached hydrogens (tertiary/aromatic N) is 3. The monoisotopic (exact) mass is 369 g/mol. The van der Waals surface area contributed by atoms with Gasteiger partial charge in [0.25, 0.3) is 0 Å². The fraction of sp³-hybridized carbons (Fsp3) is 0.476. The fourth-order valence-electron chi connectivity index (χ4n) is 4.16. The summed E-state index contributed by atoms with van der Waals surface area (Å²) in [7, 11) is 0. The highest BCUT2D eigenvalue weighted by atomic mass is 16.3. The van der Waals surface area contributed by atoms with Gasteiger partial charge < -0.3 is 19.3 Å². The zero-order chi connectivity index (χ0) is 18.6. The Morgan fingerprint density at radius 2 is 1.96 bits per heavy atom. The quantitative estimate of drug-likeness (QED) is 0.898. The van der Waals surface area contributed by atoms with E-state index in [0.717, 1.165) is 70.1 Å². The number of hydrogen-bond acceptors (Lipinski definition) is 5. The largest absolute Gasteiger partial charge is 0.508 e. The number of amides is 1. The Kier molecular flexibility index (Phi) is 5.34. The van der Waals surface area contributed by atoms with Crippen molar-refractivity contribution in [3.63, 3.8) is 0 Å². The molecule has 1 aromatic heterocycles. The highest BCUT2D eigenvalue weighted by Gasteiger charge is 2.31. The van der Waals surface area contributed by atoms with Gasteiger partial charge in [0, 0.05) is 44.5 Å². The van der Waals surface area contributed by atoms with Crippen molar-refractivity contribution in [3.05, 3.63) is 48.4 Å². The van der Waals surface area contributed by atoms with Gasteiger partial charge in [-0.25, -0.2) is 0 Å². The fourth-order valence-corrected chi connectivity index (χ4v) is 4.16. The summed E-state index contributed by atoms with van der Waals surface area (Å²) in [6, 6.07) is 11.2. The number of likely N-dealkylation sites (tertiary alicyclic amines) is 1. The van der Waals surface area contributed by atoms with Crippen molar-refractivity contribution in [2.24, 2.45) is 5.92 Å². The number of rotatable bonds is 4. The number of piperidine rings is 1. The molecule has 2 aliphatic heterocycles. The molecule has 0 aliphatic carbocycles. The molecule has 1 aromatic carbocycles. The first kappa shape index (κ1) is 17.9. The molecule has 0 unspecified atom stereocenters. The molecular weight excluding hydrogens is 342 g/mol. The van der Waals surface area contributed by atoms with Crippen LogP contribution in [0.3, 0.4) is 0 Å². The maximum atomic E-state index is 13.0. The number of aromatic hydroxyl groups is 1. The predicted molar refractivity (Wildman–Crippen MR) is 104 cm³/mol. The Bertz CT molecular complexity index is 754. The molecule has 1 amide bonds. The van der Waals surface area contributed by atoms with Gasteiger partial charge in [-0.1, -0.05) is 6.07 Å². The minimum Gasteiger partial charge on any atom is -0.508 e. The molecule has 27 heavy (non-hydrogen) atoms. The van der Waals surface area contributed by atoms with E-state index in [1.165, 1.54) is 0 Å². The van der Waals surface area contributed by atoms with E-state index >= 15 is 0 Å². The van der Waals surface area contributed by atoms with Crippen molar-refractivity contribution >= 4 is 11.6 Å². The molecule has 0 radical (unpaired) electrons. The lowest BCUT2D eigenvalue weighted by molar-refractivity contribution is -0.137. The van der Waals surface area contributed by atoms with Crippen LogP contribution in [0.2, 0.25) is 0 Å². The highest BCUT2D eigenvalue weighted by Crippen LogP contribution is 2.24. The Morgan fingerprint density at radius 3 is 2.70 bits per heavy atom. The molecule has 1 atom stereocenters. The highest BCUT2D eigenvalue weighted by molar-refractivity contribution is 5.79. The Hall–Kier alpha value is -2.47. The third kappa shape index (κ3) is 4.27.